The van der Waals surface area contributed by atoms with E-state index >= 15 is 0 Å². The van der Waals surface area contributed by atoms with Crippen molar-refractivity contribution in [3.05, 3.63) is 24.3 Å². The van der Waals surface area contributed by atoms with E-state index in [1.54, 1.807) is 11.8 Å². The quantitative estimate of drug-likeness (QED) is 0.636. The zero-order valence-corrected chi connectivity index (χ0v) is 6.64. The summed E-state index contributed by atoms with van der Waals surface area (Å²) in [6.07, 6.45) is 0. The van der Waals surface area contributed by atoms with Gasteiger partial charge in [0.25, 0.3) is 0 Å². The van der Waals surface area contributed by atoms with Crippen LogP contribution >= 0.6 is 11.8 Å². The number of anilines is 1. The molecule has 4 heteroatoms. The van der Waals surface area contributed by atoms with Crippen molar-refractivity contribution < 1.29 is 10.7 Å². The van der Waals surface area contributed by atoms with Crippen LogP contribution in [0.2, 0.25) is 0 Å². The first-order chi connectivity index (χ1) is 4.88. The smallest absolute Gasteiger partial charge is 0.0954 e. The summed E-state index contributed by atoms with van der Waals surface area (Å²) < 4.78 is 0. The third kappa shape index (κ3) is 1.33. The van der Waals surface area contributed by atoms with Gasteiger partial charge in [0.15, 0.2) is 0 Å². The molecule has 60 valence electrons. The third-order valence-corrected chi connectivity index (χ3v) is 2.52. The lowest BCUT2D eigenvalue weighted by Crippen LogP contribution is -2.11. The standard InChI is InChI=1S/C7H7NOS.H2O/c9-8-5-10-7-4-2-1-3-6(7)8;/h1-4,9H,5H2;1H2. The van der Waals surface area contributed by atoms with Crippen molar-refractivity contribution in [2.75, 3.05) is 10.9 Å². The van der Waals surface area contributed by atoms with E-state index in [0.717, 1.165) is 10.6 Å². The molecule has 3 N–H and O–H groups in total. The van der Waals surface area contributed by atoms with Crippen molar-refractivity contribution in [2.45, 2.75) is 4.90 Å². The van der Waals surface area contributed by atoms with E-state index in [4.69, 9.17) is 0 Å². The Hall–Kier alpha value is -0.710. The van der Waals surface area contributed by atoms with Crippen LogP contribution in [0, 0.1) is 0 Å². The number of nitrogens with zero attached hydrogens (tertiary/aromatic N) is 1. The van der Waals surface area contributed by atoms with Crippen LogP contribution in [0.15, 0.2) is 29.2 Å². The average Bonchev–Trinajstić information content (AvgIpc) is 2.34. The number of hydrogen-bond donors (Lipinski definition) is 1. The Morgan fingerprint density at radius 2 is 2.09 bits per heavy atom. The van der Waals surface area contributed by atoms with Gasteiger partial charge in [0.05, 0.1) is 11.6 Å². The maximum atomic E-state index is 9.19. The fourth-order valence-electron chi connectivity index (χ4n) is 0.993. The summed E-state index contributed by atoms with van der Waals surface area (Å²) in [4.78, 5) is 1.16. The van der Waals surface area contributed by atoms with Gasteiger partial charge in [0.1, 0.15) is 0 Å². The molecule has 1 aromatic carbocycles. The second kappa shape index (κ2) is 3.13. The molecule has 0 bridgehead atoms. The minimum Gasteiger partial charge on any atom is -0.412 e. The van der Waals surface area contributed by atoms with Crippen molar-refractivity contribution in [1.29, 1.82) is 0 Å². The van der Waals surface area contributed by atoms with Crippen LogP contribution in [0.4, 0.5) is 5.69 Å². The Kier molecular flexibility index (Phi) is 2.38. The van der Waals surface area contributed by atoms with Crippen molar-refractivity contribution in [3.8, 4) is 0 Å². The number of para-hydroxylation sites is 1. The molecule has 0 fully saturated rings. The molecule has 0 atom stereocenters. The summed E-state index contributed by atoms with van der Waals surface area (Å²) in [5, 5.41) is 10.5. The predicted octanol–water partition coefficient (Wildman–Crippen LogP) is 1.12. The van der Waals surface area contributed by atoms with Crippen LogP contribution in [0.5, 0.6) is 0 Å². The summed E-state index contributed by atoms with van der Waals surface area (Å²) in [7, 11) is 0. The maximum Gasteiger partial charge on any atom is 0.0954 e. The van der Waals surface area contributed by atoms with E-state index in [2.05, 4.69) is 0 Å². The molecular formula is C7H9NO2S. The van der Waals surface area contributed by atoms with Gasteiger partial charge >= 0.3 is 0 Å². The number of benzene rings is 1. The molecule has 1 aliphatic heterocycles. The molecule has 0 radical (unpaired) electrons. The van der Waals surface area contributed by atoms with Crippen LogP contribution in [-0.4, -0.2) is 16.6 Å². The van der Waals surface area contributed by atoms with Crippen LogP contribution in [0.3, 0.4) is 0 Å². The molecule has 3 nitrogen and oxygen atoms in total. The first-order valence-electron chi connectivity index (χ1n) is 3.06. The molecule has 0 unspecified atom stereocenters. The molecule has 0 spiro atoms. The molecule has 0 amide bonds. The Bertz CT molecular complexity index is 254. The molecule has 0 saturated carbocycles. The summed E-state index contributed by atoms with van der Waals surface area (Å²) in [5.41, 5.74) is 0.924. The molecule has 0 saturated heterocycles. The molecule has 11 heavy (non-hydrogen) atoms. The maximum absolute atomic E-state index is 9.19. The first kappa shape index (κ1) is 8.39. The Morgan fingerprint density at radius 3 is 2.82 bits per heavy atom. The van der Waals surface area contributed by atoms with E-state index in [1.807, 2.05) is 24.3 Å². The van der Waals surface area contributed by atoms with Crippen LogP contribution in [0.25, 0.3) is 0 Å². The Labute approximate surface area is 68.9 Å². The van der Waals surface area contributed by atoms with E-state index in [-0.39, 0.29) is 5.48 Å². The fraction of sp³-hybridized carbons (Fsp3) is 0.143. The minimum absolute atomic E-state index is 0. The first-order valence-corrected chi connectivity index (χ1v) is 4.05. The van der Waals surface area contributed by atoms with Gasteiger partial charge in [-0.25, -0.2) is 5.06 Å². The lowest BCUT2D eigenvalue weighted by Gasteiger charge is -2.06. The molecule has 1 aliphatic rings. The molecule has 0 aromatic heterocycles. The van der Waals surface area contributed by atoms with E-state index in [9.17, 15) is 5.21 Å². The predicted molar refractivity (Wildman–Crippen MR) is 45.0 cm³/mol. The van der Waals surface area contributed by atoms with Gasteiger partial charge in [0, 0.05) is 4.90 Å². The van der Waals surface area contributed by atoms with E-state index in [1.165, 1.54) is 5.06 Å². The number of hydroxylamine groups is 1. The highest BCUT2D eigenvalue weighted by Crippen LogP contribution is 2.36. The van der Waals surface area contributed by atoms with Gasteiger partial charge < -0.3 is 5.48 Å². The summed E-state index contributed by atoms with van der Waals surface area (Å²) in [6.45, 7) is 0. The summed E-state index contributed by atoms with van der Waals surface area (Å²) in [5.74, 6) is 0.652. The zero-order valence-electron chi connectivity index (χ0n) is 5.82. The topological polar surface area (TPSA) is 55.0 Å². The van der Waals surface area contributed by atoms with Gasteiger partial charge in [-0.05, 0) is 12.1 Å². The number of fused-ring (bicyclic) bond motifs is 1. The van der Waals surface area contributed by atoms with Crippen LogP contribution < -0.4 is 5.06 Å². The van der Waals surface area contributed by atoms with Gasteiger partial charge in [0.2, 0.25) is 0 Å². The second-order valence-electron chi connectivity index (χ2n) is 2.14. The molecule has 0 aliphatic carbocycles. The fourth-order valence-corrected chi connectivity index (χ4v) is 1.89. The minimum atomic E-state index is 0. The molecule has 1 heterocycles. The van der Waals surface area contributed by atoms with Gasteiger partial charge in [-0.3, -0.25) is 5.21 Å². The Morgan fingerprint density at radius 1 is 1.36 bits per heavy atom. The lowest BCUT2D eigenvalue weighted by molar-refractivity contribution is 0.275. The summed E-state index contributed by atoms with van der Waals surface area (Å²) in [6, 6.07) is 7.82. The highest BCUT2D eigenvalue weighted by Gasteiger charge is 2.15. The number of rotatable bonds is 0. The van der Waals surface area contributed by atoms with Crippen molar-refractivity contribution in [1.82, 2.24) is 0 Å². The largest absolute Gasteiger partial charge is 0.412 e. The number of thioether (sulfide) groups is 1. The highest BCUT2D eigenvalue weighted by atomic mass is 32.2. The van der Waals surface area contributed by atoms with Crippen LogP contribution in [-0.2, 0) is 0 Å². The molecule has 2 rings (SSSR count). The zero-order chi connectivity index (χ0) is 6.97. The molecular weight excluding hydrogens is 162 g/mol. The van der Waals surface area contributed by atoms with E-state index < -0.39 is 0 Å². The second-order valence-corrected chi connectivity index (χ2v) is 3.13. The average molecular weight is 171 g/mol. The van der Waals surface area contributed by atoms with Crippen LogP contribution in [0.1, 0.15) is 0 Å². The van der Waals surface area contributed by atoms with Gasteiger partial charge in [-0.15, -0.1) is 0 Å². The van der Waals surface area contributed by atoms with Gasteiger partial charge in [-0.2, -0.15) is 0 Å². The SMILES string of the molecule is O.ON1CSc2ccccc21. The molecule has 1 aromatic rings. The monoisotopic (exact) mass is 171 g/mol. The number of hydrogen-bond acceptors (Lipinski definition) is 3. The van der Waals surface area contributed by atoms with E-state index in [0.29, 0.717) is 5.88 Å². The lowest BCUT2D eigenvalue weighted by atomic mass is 10.3. The normalized spacial score (nSPS) is 14.1. The van der Waals surface area contributed by atoms with Crippen molar-refractivity contribution in [3.63, 3.8) is 0 Å². The highest BCUT2D eigenvalue weighted by molar-refractivity contribution is 7.99. The summed E-state index contributed by atoms with van der Waals surface area (Å²) >= 11 is 1.65. The Balaban J connectivity index is 0.000000605. The van der Waals surface area contributed by atoms with Gasteiger partial charge in [-0.1, -0.05) is 23.9 Å². The van der Waals surface area contributed by atoms with Crippen molar-refractivity contribution in [2.24, 2.45) is 0 Å². The van der Waals surface area contributed by atoms with Crippen molar-refractivity contribution >= 4 is 17.4 Å². The third-order valence-electron chi connectivity index (χ3n) is 1.49.